The smallest absolute Gasteiger partial charge is 0.268 e. The first-order valence-corrected chi connectivity index (χ1v) is 23.9. The van der Waals surface area contributed by atoms with Gasteiger partial charge in [0.05, 0.1) is 32.8 Å². The second-order valence-electron chi connectivity index (χ2n) is 16.0. The van der Waals surface area contributed by atoms with Gasteiger partial charge in [-0.15, -0.1) is 0 Å². The van der Waals surface area contributed by atoms with Gasteiger partial charge in [-0.25, -0.2) is 0 Å². The molecule has 0 aliphatic heterocycles. The molecule has 0 aromatic heterocycles. The molecule has 10 heteroatoms. The van der Waals surface area contributed by atoms with E-state index in [1.165, 1.54) is 83.5 Å². The Balaban J connectivity index is 4.82. The molecule has 0 aliphatic rings. The zero-order valence-corrected chi connectivity index (χ0v) is 37.2. The monoisotopic (exact) mass is 811 g/mol. The molecule has 3 N–H and O–H groups in total. The number of carbonyl (C=O) groups is 1. The highest BCUT2D eigenvalue weighted by atomic mass is 31.2. The number of rotatable bonds is 39. The molecule has 1 amide bonds. The molecule has 0 saturated carbocycles. The summed E-state index contributed by atoms with van der Waals surface area (Å²) in [5.74, 6) is 10.2. The Kier molecular flexibility index (Phi) is 35.0. The molecule has 0 rings (SSSR count). The third-order valence-electron chi connectivity index (χ3n) is 9.96. The zero-order chi connectivity index (χ0) is 43.2. The molecule has 1 unspecified atom stereocenters. The van der Waals surface area contributed by atoms with Crippen LogP contribution in [0.2, 0.25) is 0 Å². The van der Waals surface area contributed by atoms with E-state index in [1.807, 2.05) is 20.2 Å². The molecule has 0 fully saturated rings. The molecule has 3 atom stereocenters. The summed E-state index contributed by atoms with van der Waals surface area (Å²) in [6, 6.07) is -0.971. The number of hydrogen-bond donors (Lipinski definition) is 3. The van der Waals surface area contributed by atoms with Gasteiger partial charge in [-0.2, -0.15) is 0 Å². The Labute approximate surface area is 347 Å². The van der Waals surface area contributed by atoms with Crippen LogP contribution in [0.15, 0.2) is 12.2 Å². The van der Waals surface area contributed by atoms with E-state index in [-0.39, 0.29) is 25.5 Å². The SMILES string of the molecule is [2H]C([2H])(CCCCCCCC)CCCCCCCCC(=O)N[C@@H](COP(=O)([O-])OCC[N+](C)(C)CC#CC#CCO)[C@H](O)/C=C/CCCCCCCCCCCCC. The minimum Gasteiger partial charge on any atom is -0.756 e. The summed E-state index contributed by atoms with van der Waals surface area (Å²) in [6.45, 7) is 4.31. The van der Waals surface area contributed by atoms with Crippen LogP contribution in [0.25, 0.3) is 0 Å². The van der Waals surface area contributed by atoms with E-state index in [2.05, 4.69) is 42.8 Å². The van der Waals surface area contributed by atoms with E-state index in [0.717, 1.165) is 64.2 Å². The standard InChI is InChI=1S/C46H85N2O7P/c1-5-7-9-11-13-15-17-19-20-22-24-26-28-30-34-38-46(51)47-44(45(50)37-33-29-27-25-23-21-18-16-14-12-10-8-6-2)43-55-56(52,53)54-42-40-48(3,4)39-35-31-32-36-41-49/h33,37,44-45,49-50H,5-30,34,38-43H2,1-4H3,(H-,47,51,52,53)/b37-33+/t44-,45+/m0/s1/i19D2. The van der Waals surface area contributed by atoms with Gasteiger partial charge in [-0.3, -0.25) is 9.36 Å². The minimum absolute atomic E-state index is 0.136. The van der Waals surface area contributed by atoms with Crippen molar-refractivity contribution in [3.8, 4) is 23.7 Å². The molecule has 56 heavy (non-hydrogen) atoms. The van der Waals surface area contributed by atoms with Crippen LogP contribution in [0.5, 0.6) is 0 Å². The normalized spacial score (nSPS) is 14.6. The molecule has 0 saturated heterocycles. The third-order valence-corrected chi connectivity index (χ3v) is 10.9. The van der Waals surface area contributed by atoms with Crippen LogP contribution in [-0.2, 0) is 18.4 Å². The van der Waals surface area contributed by atoms with Crippen LogP contribution in [-0.4, -0.2) is 79.8 Å². The number of quaternary nitrogens is 1. The maximum absolute atomic E-state index is 12.9. The highest BCUT2D eigenvalue weighted by Crippen LogP contribution is 2.38. The first-order valence-electron chi connectivity index (χ1n) is 23.4. The van der Waals surface area contributed by atoms with Gasteiger partial charge < -0.3 is 34.0 Å². The van der Waals surface area contributed by atoms with Crippen LogP contribution >= 0.6 is 7.82 Å². The predicted octanol–water partition coefficient (Wildman–Crippen LogP) is 9.93. The fourth-order valence-electron chi connectivity index (χ4n) is 6.27. The Bertz CT molecular complexity index is 1210. The molecule has 0 bridgehead atoms. The lowest BCUT2D eigenvalue weighted by atomic mass is 10.0. The van der Waals surface area contributed by atoms with E-state index < -0.39 is 32.9 Å². The van der Waals surface area contributed by atoms with Gasteiger partial charge in [0.1, 0.15) is 26.3 Å². The summed E-state index contributed by atoms with van der Waals surface area (Å²) < 4.78 is 40.0. The molecular formula is C46H85N2O7P. The molecule has 9 nitrogen and oxygen atoms in total. The number of allylic oxidation sites excluding steroid dienone is 1. The number of phosphoric acid groups is 1. The largest absolute Gasteiger partial charge is 0.756 e. The van der Waals surface area contributed by atoms with Gasteiger partial charge in [0, 0.05) is 9.16 Å². The van der Waals surface area contributed by atoms with Gasteiger partial charge in [-0.05, 0) is 37.0 Å². The number of aliphatic hydroxyl groups is 2. The number of nitrogens with zero attached hydrogens (tertiary/aromatic N) is 1. The lowest BCUT2D eigenvalue weighted by Gasteiger charge is -2.30. The van der Waals surface area contributed by atoms with Crippen LogP contribution in [0.3, 0.4) is 0 Å². The molecule has 0 aromatic carbocycles. The molecule has 0 aromatic rings. The average molecular weight is 811 g/mol. The lowest BCUT2D eigenvalue weighted by molar-refractivity contribution is -0.883. The lowest BCUT2D eigenvalue weighted by Crippen LogP contribution is -2.46. The van der Waals surface area contributed by atoms with Crippen molar-refractivity contribution in [3.05, 3.63) is 12.2 Å². The summed E-state index contributed by atoms with van der Waals surface area (Å²) >= 11 is 0. The number of phosphoric ester groups is 1. The molecule has 0 aliphatic carbocycles. The number of hydrogen-bond acceptors (Lipinski definition) is 7. The maximum atomic E-state index is 12.9. The first kappa shape index (κ1) is 50.5. The molecular weight excluding hydrogens is 723 g/mol. The Morgan fingerprint density at radius 3 is 1.79 bits per heavy atom. The Morgan fingerprint density at radius 1 is 0.768 bits per heavy atom. The van der Waals surface area contributed by atoms with Crippen molar-refractivity contribution in [2.24, 2.45) is 0 Å². The molecule has 0 spiro atoms. The van der Waals surface area contributed by atoms with Crippen LogP contribution in [0.4, 0.5) is 0 Å². The van der Waals surface area contributed by atoms with E-state index in [0.29, 0.717) is 36.8 Å². The summed E-state index contributed by atoms with van der Waals surface area (Å²) in [6.07, 6.45) is 29.6. The minimum atomic E-state index is -4.73. The van der Waals surface area contributed by atoms with Crippen molar-refractivity contribution in [1.82, 2.24) is 5.32 Å². The van der Waals surface area contributed by atoms with Crippen molar-refractivity contribution < 1.29 is 40.7 Å². The topological polar surface area (TPSA) is 128 Å². The van der Waals surface area contributed by atoms with Crippen LogP contribution < -0.4 is 10.2 Å². The van der Waals surface area contributed by atoms with Crippen LogP contribution in [0.1, 0.15) is 196 Å². The van der Waals surface area contributed by atoms with Gasteiger partial charge in [-0.1, -0.05) is 186 Å². The van der Waals surface area contributed by atoms with Gasteiger partial charge in [0.15, 0.2) is 0 Å². The summed E-state index contributed by atoms with van der Waals surface area (Å²) in [5.41, 5.74) is 0. The fraction of sp³-hybridized carbons (Fsp3) is 0.848. The number of likely N-dealkylation sites (N-methyl/N-ethyl adjacent to an activating group) is 1. The second kappa shape index (κ2) is 38.8. The number of carbonyl (C=O) groups excluding carboxylic acids is 1. The average Bonchev–Trinajstić information content (AvgIpc) is 3.17. The van der Waals surface area contributed by atoms with E-state index >= 15 is 0 Å². The highest BCUT2D eigenvalue weighted by molar-refractivity contribution is 7.45. The number of unbranched alkanes of at least 4 members (excludes halogenated alkanes) is 21. The molecule has 326 valence electrons. The second-order valence-corrected chi connectivity index (χ2v) is 17.4. The van der Waals surface area contributed by atoms with Crippen molar-refractivity contribution in [3.63, 3.8) is 0 Å². The number of nitrogens with one attached hydrogen (secondary N) is 1. The Hall–Kier alpha value is -1.68. The first-order chi connectivity index (χ1) is 27.8. The van der Waals surface area contributed by atoms with Gasteiger partial charge >= 0.3 is 0 Å². The zero-order valence-electron chi connectivity index (χ0n) is 38.3. The molecule has 0 radical (unpaired) electrons. The van der Waals surface area contributed by atoms with Crippen molar-refractivity contribution in [1.29, 1.82) is 0 Å². The number of aliphatic hydroxyl groups excluding tert-OH is 2. The van der Waals surface area contributed by atoms with Crippen LogP contribution in [0, 0.1) is 23.7 Å². The van der Waals surface area contributed by atoms with E-state index in [4.69, 9.17) is 16.9 Å². The maximum Gasteiger partial charge on any atom is 0.268 e. The predicted molar refractivity (Wildman–Crippen MR) is 232 cm³/mol. The number of amides is 1. The van der Waals surface area contributed by atoms with E-state index in [9.17, 15) is 19.4 Å². The van der Waals surface area contributed by atoms with Crippen molar-refractivity contribution >= 4 is 13.7 Å². The van der Waals surface area contributed by atoms with E-state index in [1.54, 1.807) is 6.08 Å². The third kappa shape index (κ3) is 37.9. The van der Waals surface area contributed by atoms with Crippen molar-refractivity contribution in [2.75, 3.05) is 47.0 Å². The van der Waals surface area contributed by atoms with Crippen molar-refractivity contribution in [2.45, 2.75) is 206 Å². The fourth-order valence-corrected chi connectivity index (χ4v) is 6.99. The molecule has 0 heterocycles. The summed E-state index contributed by atoms with van der Waals surface area (Å²) in [4.78, 5) is 25.6. The quantitative estimate of drug-likeness (QED) is 0.0185. The van der Waals surface area contributed by atoms with Gasteiger partial charge in [0.2, 0.25) is 5.91 Å². The highest BCUT2D eigenvalue weighted by Gasteiger charge is 2.23. The summed E-state index contributed by atoms with van der Waals surface area (Å²) in [7, 11) is -0.987. The summed E-state index contributed by atoms with van der Waals surface area (Å²) in [5, 5.41) is 22.5. The van der Waals surface area contributed by atoms with Gasteiger partial charge in [0.25, 0.3) is 7.82 Å². The Morgan fingerprint density at radius 2 is 1.25 bits per heavy atom.